The Morgan fingerprint density at radius 2 is 2.24 bits per heavy atom. The van der Waals surface area contributed by atoms with Gasteiger partial charge in [-0.2, -0.15) is 0 Å². The summed E-state index contributed by atoms with van der Waals surface area (Å²) in [4.78, 5) is 11.6. The first-order valence-electron chi connectivity index (χ1n) is 7.09. The van der Waals surface area contributed by atoms with Crippen molar-refractivity contribution in [3.05, 3.63) is 35.4 Å². The average molecular weight is 286 g/mol. The number of hydrogen-bond donors (Lipinski definition) is 1. The van der Waals surface area contributed by atoms with Crippen LogP contribution >= 0.6 is 0 Å². The molecular formula is C15H18N4O2. The van der Waals surface area contributed by atoms with Gasteiger partial charge in [-0.25, -0.2) is 0 Å². The molecule has 6 nitrogen and oxygen atoms in total. The number of fused-ring (bicyclic) bond motifs is 1. The molecule has 2 heterocycles. The van der Waals surface area contributed by atoms with Crippen LogP contribution in [0.4, 0.5) is 5.69 Å². The number of hydrogen-bond acceptors (Lipinski definition) is 5. The monoisotopic (exact) mass is 286 g/mol. The summed E-state index contributed by atoms with van der Waals surface area (Å²) in [5.41, 5.74) is 6.76. The van der Waals surface area contributed by atoms with Crippen LogP contribution in [0.25, 0.3) is 0 Å². The summed E-state index contributed by atoms with van der Waals surface area (Å²) in [5, 5.41) is 8.37. The first kappa shape index (κ1) is 13.6. The Morgan fingerprint density at radius 1 is 1.38 bits per heavy atom. The maximum atomic E-state index is 11.6. The fourth-order valence-electron chi connectivity index (χ4n) is 2.57. The van der Waals surface area contributed by atoms with Crippen LogP contribution < -0.4 is 10.5 Å². The minimum Gasteiger partial charge on any atom is -0.485 e. The fraction of sp³-hybridized carbons (Fsp3) is 0.400. The van der Waals surface area contributed by atoms with Gasteiger partial charge >= 0.3 is 0 Å². The van der Waals surface area contributed by atoms with E-state index in [9.17, 15) is 4.79 Å². The van der Waals surface area contributed by atoms with Crippen molar-refractivity contribution < 1.29 is 9.53 Å². The van der Waals surface area contributed by atoms with Crippen molar-refractivity contribution in [1.29, 1.82) is 0 Å². The number of nitrogens with two attached hydrogens (primary N) is 1. The Morgan fingerprint density at radius 3 is 3.05 bits per heavy atom. The Hall–Kier alpha value is -2.37. The van der Waals surface area contributed by atoms with Crippen molar-refractivity contribution in [2.45, 2.75) is 39.3 Å². The lowest BCUT2D eigenvalue weighted by molar-refractivity contribution is 0.101. The number of carbonyl (C=O) groups excluding carboxylic acids is 1. The molecule has 1 aromatic carbocycles. The minimum absolute atomic E-state index is 0.0689. The lowest BCUT2D eigenvalue weighted by atomic mass is 10.1. The maximum Gasteiger partial charge on any atom is 0.171 e. The number of carbonyl (C=O) groups is 1. The molecule has 1 aliphatic rings. The van der Waals surface area contributed by atoms with Gasteiger partial charge in [0.25, 0.3) is 0 Å². The van der Waals surface area contributed by atoms with Crippen LogP contribution in [0.2, 0.25) is 0 Å². The molecule has 0 spiro atoms. The smallest absolute Gasteiger partial charge is 0.171 e. The Kier molecular flexibility index (Phi) is 3.60. The van der Waals surface area contributed by atoms with E-state index in [2.05, 4.69) is 14.8 Å². The molecule has 1 aliphatic heterocycles. The topological polar surface area (TPSA) is 83.0 Å². The zero-order valence-corrected chi connectivity index (χ0v) is 12.0. The quantitative estimate of drug-likeness (QED) is 0.686. The molecule has 0 aliphatic carbocycles. The number of aryl methyl sites for hydroxylation is 1. The molecule has 6 heteroatoms. The van der Waals surface area contributed by atoms with E-state index in [0.717, 1.165) is 37.5 Å². The number of aromatic nitrogens is 3. The molecule has 2 N–H and O–H groups in total. The summed E-state index contributed by atoms with van der Waals surface area (Å²) >= 11 is 0. The third-order valence-electron chi connectivity index (χ3n) is 3.68. The van der Waals surface area contributed by atoms with Crippen LogP contribution in [0, 0.1) is 0 Å². The van der Waals surface area contributed by atoms with Crippen LogP contribution in [0.15, 0.2) is 18.2 Å². The van der Waals surface area contributed by atoms with E-state index in [0.29, 0.717) is 23.6 Å². The largest absolute Gasteiger partial charge is 0.485 e. The minimum atomic E-state index is -0.0689. The zero-order valence-electron chi connectivity index (χ0n) is 12.0. The van der Waals surface area contributed by atoms with Gasteiger partial charge in [0.2, 0.25) is 0 Å². The predicted octanol–water partition coefficient (Wildman–Crippen LogP) is 1.98. The second-order valence-corrected chi connectivity index (χ2v) is 5.24. The third kappa shape index (κ3) is 2.74. The van der Waals surface area contributed by atoms with Crippen LogP contribution in [0.1, 0.15) is 41.8 Å². The molecule has 0 bridgehead atoms. The molecule has 110 valence electrons. The van der Waals surface area contributed by atoms with Gasteiger partial charge in [-0.05, 0) is 38.0 Å². The molecule has 2 aromatic rings. The van der Waals surface area contributed by atoms with Crippen molar-refractivity contribution in [1.82, 2.24) is 14.8 Å². The predicted molar refractivity (Wildman–Crippen MR) is 78.2 cm³/mol. The van der Waals surface area contributed by atoms with E-state index >= 15 is 0 Å². The fourth-order valence-corrected chi connectivity index (χ4v) is 2.57. The Labute approximate surface area is 122 Å². The molecule has 0 fully saturated rings. The lowest BCUT2D eigenvalue weighted by Gasteiger charge is -2.15. The summed E-state index contributed by atoms with van der Waals surface area (Å²) in [6.45, 7) is 2.74. The van der Waals surface area contributed by atoms with E-state index in [-0.39, 0.29) is 5.78 Å². The number of ketones is 1. The second-order valence-electron chi connectivity index (χ2n) is 5.24. The van der Waals surface area contributed by atoms with Gasteiger partial charge in [0.1, 0.15) is 18.2 Å². The highest BCUT2D eigenvalue weighted by atomic mass is 16.5. The Bertz CT molecular complexity index is 678. The number of benzene rings is 1. The highest BCUT2D eigenvalue weighted by molar-refractivity contribution is 5.97. The van der Waals surface area contributed by atoms with Gasteiger partial charge in [0, 0.05) is 18.7 Å². The molecule has 0 saturated carbocycles. The molecule has 0 atom stereocenters. The van der Waals surface area contributed by atoms with Gasteiger partial charge in [-0.3, -0.25) is 4.79 Å². The van der Waals surface area contributed by atoms with E-state index in [4.69, 9.17) is 10.5 Å². The van der Waals surface area contributed by atoms with Crippen molar-refractivity contribution in [3.8, 4) is 5.75 Å². The number of ether oxygens (including phenoxy) is 1. The van der Waals surface area contributed by atoms with E-state index in [1.807, 2.05) is 0 Å². The van der Waals surface area contributed by atoms with Gasteiger partial charge in [0.15, 0.2) is 11.6 Å². The number of anilines is 1. The molecule has 3 rings (SSSR count). The number of nitrogen functional groups attached to an aromatic ring is 1. The molecular weight excluding hydrogens is 268 g/mol. The average Bonchev–Trinajstić information content (AvgIpc) is 2.89. The van der Waals surface area contributed by atoms with Crippen molar-refractivity contribution in [3.63, 3.8) is 0 Å². The SMILES string of the molecule is CC(=O)c1cc(N)ccc1OCc1nnc2n1CCCC2. The third-order valence-corrected chi connectivity index (χ3v) is 3.68. The molecule has 0 saturated heterocycles. The standard InChI is InChI=1S/C15H18N4O2/c1-10(20)12-8-11(16)5-6-13(12)21-9-15-18-17-14-4-2-3-7-19(14)15/h5-6,8H,2-4,7,9,16H2,1H3. The normalized spacial score (nSPS) is 13.8. The summed E-state index contributed by atoms with van der Waals surface area (Å²) in [5.74, 6) is 2.28. The lowest BCUT2D eigenvalue weighted by Crippen LogP contribution is -2.15. The van der Waals surface area contributed by atoms with Crippen molar-refractivity contribution in [2.24, 2.45) is 0 Å². The molecule has 0 amide bonds. The van der Waals surface area contributed by atoms with E-state index < -0.39 is 0 Å². The highest BCUT2D eigenvalue weighted by Gasteiger charge is 2.17. The number of nitrogens with zero attached hydrogens (tertiary/aromatic N) is 3. The van der Waals surface area contributed by atoms with Crippen molar-refractivity contribution >= 4 is 11.5 Å². The van der Waals surface area contributed by atoms with E-state index in [1.165, 1.54) is 6.92 Å². The first-order valence-corrected chi connectivity index (χ1v) is 7.09. The second kappa shape index (κ2) is 5.55. The summed E-state index contributed by atoms with van der Waals surface area (Å²) in [6, 6.07) is 5.08. The van der Waals surface area contributed by atoms with Crippen LogP contribution in [-0.2, 0) is 19.6 Å². The first-order chi connectivity index (χ1) is 10.1. The molecule has 0 unspecified atom stereocenters. The van der Waals surface area contributed by atoms with Gasteiger partial charge < -0.3 is 15.0 Å². The van der Waals surface area contributed by atoms with Crippen LogP contribution in [-0.4, -0.2) is 20.5 Å². The van der Waals surface area contributed by atoms with Gasteiger partial charge in [-0.1, -0.05) is 0 Å². The zero-order chi connectivity index (χ0) is 14.8. The maximum absolute atomic E-state index is 11.6. The summed E-state index contributed by atoms with van der Waals surface area (Å²) in [6.07, 6.45) is 3.26. The van der Waals surface area contributed by atoms with Crippen LogP contribution in [0.3, 0.4) is 0 Å². The van der Waals surface area contributed by atoms with Gasteiger partial charge in [-0.15, -0.1) is 10.2 Å². The highest BCUT2D eigenvalue weighted by Crippen LogP contribution is 2.23. The molecule has 1 aromatic heterocycles. The number of rotatable bonds is 4. The summed E-state index contributed by atoms with van der Waals surface area (Å²) < 4.78 is 7.87. The Balaban J connectivity index is 1.79. The van der Waals surface area contributed by atoms with Crippen molar-refractivity contribution in [2.75, 3.05) is 5.73 Å². The molecule has 21 heavy (non-hydrogen) atoms. The van der Waals surface area contributed by atoms with Gasteiger partial charge in [0.05, 0.1) is 5.56 Å². The summed E-state index contributed by atoms with van der Waals surface area (Å²) in [7, 11) is 0. The number of Topliss-reactive ketones (excluding diaryl/α,β-unsaturated/α-hetero) is 1. The molecule has 0 radical (unpaired) electrons. The van der Waals surface area contributed by atoms with Crippen LogP contribution in [0.5, 0.6) is 5.75 Å². The van der Waals surface area contributed by atoms with E-state index in [1.54, 1.807) is 18.2 Å².